The van der Waals surface area contributed by atoms with E-state index in [1.807, 2.05) is 18.2 Å². The molecule has 2 aromatic rings. The van der Waals surface area contributed by atoms with Gasteiger partial charge in [0.1, 0.15) is 5.75 Å². The average Bonchev–Trinajstić information content (AvgIpc) is 2.18. The molecule has 1 aliphatic carbocycles. The number of para-hydroxylation sites is 1. The molecule has 1 heterocycles. The van der Waals surface area contributed by atoms with Gasteiger partial charge in [-0.05, 0) is 31.4 Å². The minimum Gasteiger partial charge on any atom is -0.506 e. The maximum atomic E-state index is 9.97. The Kier molecular flexibility index (Phi) is 2.10. The van der Waals surface area contributed by atoms with Crippen molar-refractivity contribution in [3.63, 3.8) is 0 Å². The Bertz CT molecular complexity index is 544. The first-order chi connectivity index (χ1) is 7.75. The topological polar surface area (TPSA) is 33.1 Å². The molecule has 1 aliphatic rings. The maximum absolute atomic E-state index is 9.97. The van der Waals surface area contributed by atoms with Gasteiger partial charge in [-0.25, -0.2) is 4.98 Å². The highest BCUT2D eigenvalue weighted by atomic mass is 16.3. The van der Waals surface area contributed by atoms with Crippen molar-refractivity contribution in [1.82, 2.24) is 4.98 Å². The summed E-state index contributed by atoms with van der Waals surface area (Å²) in [5, 5.41) is 11.0. The molecule has 1 fully saturated rings. The molecule has 0 aliphatic heterocycles. The number of benzene rings is 1. The average molecular weight is 213 g/mol. The van der Waals surface area contributed by atoms with Gasteiger partial charge in [-0.3, -0.25) is 0 Å². The smallest absolute Gasteiger partial charge is 0.138 e. The molecule has 0 saturated heterocycles. The maximum Gasteiger partial charge on any atom is 0.138 e. The van der Waals surface area contributed by atoms with Gasteiger partial charge in [0.05, 0.1) is 11.2 Å². The SMILES string of the molecule is Cc1cccc2cc(O)c(C3CCC3)nc12. The van der Waals surface area contributed by atoms with Crippen LogP contribution in [0.15, 0.2) is 24.3 Å². The van der Waals surface area contributed by atoms with E-state index in [0.717, 1.165) is 29.4 Å². The summed E-state index contributed by atoms with van der Waals surface area (Å²) in [4.78, 5) is 4.65. The van der Waals surface area contributed by atoms with Gasteiger partial charge in [0.2, 0.25) is 0 Å². The molecule has 1 aromatic carbocycles. The predicted octanol–water partition coefficient (Wildman–Crippen LogP) is 3.52. The highest BCUT2D eigenvalue weighted by Crippen LogP contribution is 2.40. The zero-order chi connectivity index (χ0) is 11.1. The molecule has 0 atom stereocenters. The molecule has 82 valence electrons. The minimum atomic E-state index is 0.364. The Hall–Kier alpha value is -1.57. The van der Waals surface area contributed by atoms with E-state index in [1.54, 1.807) is 0 Å². The molecule has 16 heavy (non-hydrogen) atoms. The molecule has 1 aromatic heterocycles. The molecule has 1 N–H and O–H groups in total. The fourth-order valence-corrected chi connectivity index (χ4v) is 2.33. The van der Waals surface area contributed by atoms with Gasteiger partial charge in [0.25, 0.3) is 0 Å². The number of aromatic nitrogens is 1. The third-order valence-corrected chi connectivity index (χ3v) is 3.55. The quantitative estimate of drug-likeness (QED) is 0.786. The van der Waals surface area contributed by atoms with Crippen molar-refractivity contribution < 1.29 is 5.11 Å². The first-order valence-electron chi connectivity index (χ1n) is 5.85. The van der Waals surface area contributed by atoms with Crippen LogP contribution in [0.2, 0.25) is 0 Å². The predicted molar refractivity (Wildman–Crippen MR) is 64.7 cm³/mol. The van der Waals surface area contributed by atoms with Gasteiger partial charge in [0.15, 0.2) is 0 Å². The van der Waals surface area contributed by atoms with E-state index in [2.05, 4.69) is 18.0 Å². The first kappa shape index (κ1) is 9.64. The molecule has 0 bridgehead atoms. The molecular formula is C14H15NO. The van der Waals surface area contributed by atoms with Crippen LogP contribution in [0.4, 0.5) is 0 Å². The molecule has 2 nitrogen and oxygen atoms in total. The Morgan fingerprint density at radius 2 is 2.12 bits per heavy atom. The molecule has 0 radical (unpaired) electrons. The lowest BCUT2D eigenvalue weighted by Crippen LogP contribution is -2.11. The zero-order valence-corrected chi connectivity index (χ0v) is 9.40. The summed E-state index contributed by atoms with van der Waals surface area (Å²) in [5.41, 5.74) is 3.10. The molecule has 0 unspecified atom stereocenters. The minimum absolute atomic E-state index is 0.364. The van der Waals surface area contributed by atoms with Gasteiger partial charge in [-0.2, -0.15) is 0 Å². The van der Waals surface area contributed by atoms with Crippen LogP contribution in [0.5, 0.6) is 5.75 Å². The second kappa shape index (κ2) is 3.48. The number of hydrogen-bond acceptors (Lipinski definition) is 2. The number of rotatable bonds is 1. The summed E-state index contributed by atoms with van der Waals surface area (Å²) >= 11 is 0. The van der Waals surface area contributed by atoms with E-state index in [-0.39, 0.29) is 0 Å². The van der Waals surface area contributed by atoms with Crippen molar-refractivity contribution in [1.29, 1.82) is 0 Å². The lowest BCUT2D eigenvalue weighted by atomic mass is 9.82. The van der Waals surface area contributed by atoms with Crippen LogP contribution < -0.4 is 0 Å². The number of nitrogens with zero attached hydrogens (tertiary/aromatic N) is 1. The molecule has 3 rings (SSSR count). The standard InChI is InChI=1S/C14H15NO/c1-9-4-2-7-11-8-12(16)14(15-13(9)11)10-5-3-6-10/h2,4,7-8,10,16H,3,5-6H2,1H3. The highest BCUT2D eigenvalue weighted by Gasteiger charge is 2.24. The number of aryl methyl sites for hydroxylation is 1. The largest absolute Gasteiger partial charge is 0.506 e. The van der Waals surface area contributed by atoms with E-state index in [0.29, 0.717) is 11.7 Å². The van der Waals surface area contributed by atoms with E-state index < -0.39 is 0 Å². The summed E-state index contributed by atoms with van der Waals surface area (Å²) in [7, 11) is 0. The second-order valence-corrected chi connectivity index (χ2v) is 4.67. The third-order valence-electron chi connectivity index (χ3n) is 3.55. The van der Waals surface area contributed by atoms with E-state index in [9.17, 15) is 5.11 Å². The van der Waals surface area contributed by atoms with Crippen molar-refractivity contribution in [3.05, 3.63) is 35.5 Å². The van der Waals surface area contributed by atoms with Crippen LogP contribution in [0.3, 0.4) is 0 Å². The summed E-state index contributed by atoms with van der Waals surface area (Å²) in [6, 6.07) is 7.92. The highest BCUT2D eigenvalue weighted by molar-refractivity contribution is 5.83. The zero-order valence-electron chi connectivity index (χ0n) is 9.40. The lowest BCUT2D eigenvalue weighted by molar-refractivity contribution is 0.385. The van der Waals surface area contributed by atoms with Gasteiger partial charge in [-0.1, -0.05) is 24.6 Å². The van der Waals surface area contributed by atoms with Crippen molar-refractivity contribution in [2.75, 3.05) is 0 Å². The molecule has 2 heteroatoms. The van der Waals surface area contributed by atoms with Crippen LogP contribution in [0, 0.1) is 6.92 Å². The number of hydrogen-bond donors (Lipinski definition) is 1. The Morgan fingerprint density at radius 1 is 1.31 bits per heavy atom. The van der Waals surface area contributed by atoms with Gasteiger partial charge in [0, 0.05) is 11.3 Å². The van der Waals surface area contributed by atoms with E-state index >= 15 is 0 Å². The van der Waals surface area contributed by atoms with Crippen LogP contribution in [0.25, 0.3) is 10.9 Å². The van der Waals surface area contributed by atoms with Gasteiger partial charge >= 0.3 is 0 Å². The summed E-state index contributed by atoms with van der Waals surface area (Å²) in [5.74, 6) is 0.840. The van der Waals surface area contributed by atoms with Crippen LogP contribution in [0.1, 0.15) is 36.4 Å². The number of aromatic hydroxyl groups is 1. The number of pyridine rings is 1. The van der Waals surface area contributed by atoms with Crippen molar-refractivity contribution in [2.45, 2.75) is 32.1 Å². The summed E-state index contributed by atoms with van der Waals surface area (Å²) in [6.07, 6.45) is 3.59. The van der Waals surface area contributed by atoms with Crippen LogP contribution in [-0.2, 0) is 0 Å². The Labute approximate surface area is 94.9 Å². The number of fused-ring (bicyclic) bond motifs is 1. The van der Waals surface area contributed by atoms with Crippen LogP contribution >= 0.6 is 0 Å². The summed E-state index contributed by atoms with van der Waals surface area (Å²) < 4.78 is 0. The van der Waals surface area contributed by atoms with Crippen molar-refractivity contribution in [2.24, 2.45) is 0 Å². The molecule has 1 saturated carbocycles. The van der Waals surface area contributed by atoms with Crippen LogP contribution in [-0.4, -0.2) is 10.1 Å². The van der Waals surface area contributed by atoms with Gasteiger partial charge in [-0.15, -0.1) is 0 Å². The first-order valence-corrected chi connectivity index (χ1v) is 5.85. The Balaban J connectivity index is 2.22. The second-order valence-electron chi connectivity index (χ2n) is 4.67. The molecular weight excluding hydrogens is 198 g/mol. The van der Waals surface area contributed by atoms with E-state index in [1.165, 1.54) is 12.0 Å². The van der Waals surface area contributed by atoms with E-state index in [4.69, 9.17) is 0 Å². The fourth-order valence-electron chi connectivity index (χ4n) is 2.33. The fraction of sp³-hybridized carbons (Fsp3) is 0.357. The van der Waals surface area contributed by atoms with Gasteiger partial charge < -0.3 is 5.11 Å². The summed E-state index contributed by atoms with van der Waals surface area (Å²) in [6.45, 7) is 2.07. The molecule has 0 spiro atoms. The normalized spacial score (nSPS) is 16.3. The third kappa shape index (κ3) is 1.37. The van der Waals surface area contributed by atoms with Crippen molar-refractivity contribution in [3.8, 4) is 5.75 Å². The monoisotopic (exact) mass is 213 g/mol. The van der Waals surface area contributed by atoms with Crippen molar-refractivity contribution >= 4 is 10.9 Å². The molecule has 0 amide bonds. The lowest BCUT2D eigenvalue weighted by Gasteiger charge is -2.25. The Morgan fingerprint density at radius 3 is 2.81 bits per heavy atom.